The van der Waals surface area contributed by atoms with Crippen molar-refractivity contribution in [3.8, 4) is 0 Å². The molecule has 86 valence electrons. The van der Waals surface area contributed by atoms with Gasteiger partial charge in [-0.25, -0.2) is 0 Å². The fourth-order valence-electron chi connectivity index (χ4n) is 1.56. The van der Waals surface area contributed by atoms with Gasteiger partial charge in [-0.2, -0.15) is 0 Å². The molecule has 0 spiro atoms. The van der Waals surface area contributed by atoms with E-state index in [4.69, 9.17) is 16.6 Å². The van der Waals surface area contributed by atoms with Crippen molar-refractivity contribution < 1.29 is 0 Å². The summed E-state index contributed by atoms with van der Waals surface area (Å²) in [7, 11) is 0. The number of benzene rings is 1. The van der Waals surface area contributed by atoms with Gasteiger partial charge >= 0.3 is 0 Å². The third-order valence-corrected chi connectivity index (χ3v) is 2.55. The highest BCUT2D eigenvalue weighted by atomic mass is 14.7. The molecular formula is C13H19N3. The molecule has 0 atom stereocenters. The number of hydrogen-bond donors (Lipinski definition) is 3. The van der Waals surface area contributed by atoms with Gasteiger partial charge in [0.25, 0.3) is 0 Å². The molecule has 0 aliphatic rings. The maximum atomic E-state index is 7.63. The first-order chi connectivity index (χ1) is 7.61. The minimum absolute atomic E-state index is 0.0753. The average molecular weight is 217 g/mol. The maximum Gasteiger partial charge on any atom is 0.0962 e. The van der Waals surface area contributed by atoms with E-state index in [1.54, 1.807) is 0 Å². The van der Waals surface area contributed by atoms with Crippen molar-refractivity contribution in [3.05, 3.63) is 35.4 Å². The summed E-state index contributed by atoms with van der Waals surface area (Å²) in [6.45, 7) is 2.14. The van der Waals surface area contributed by atoms with Gasteiger partial charge in [0.15, 0.2) is 0 Å². The summed E-state index contributed by atoms with van der Waals surface area (Å²) in [5.74, 6) is 0.0753. The Bertz CT molecular complexity index is 365. The Balaban J connectivity index is 2.42. The van der Waals surface area contributed by atoms with Crippen LogP contribution in [0.25, 0.3) is 0 Å². The van der Waals surface area contributed by atoms with Crippen LogP contribution in [-0.2, 0) is 12.8 Å². The average Bonchev–Trinajstić information content (AvgIpc) is 2.26. The Morgan fingerprint density at radius 3 is 2.19 bits per heavy atom. The predicted molar refractivity (Wildman–Crippen MR) is 68.4 cm³/mol. The van der Waals surface area contributed by atoms with Crippen molar-refractivity contribution >= 4 is 11.5 Å². The van der Waals surface area contributed by atoms with Crippen LogP contribution in [-0.4, -0.2) is 11.5 Å². The normalized spacial score (nSPS) is 10.1. The van der Waals surface area contributed by atoms with E-state index in [1.807, 2.05) is 0 Å². The molecule has 0 aliphatic heterocycles. The summed E-state index contributed by atoms with van der Waals surface area (Å²) in [6, 6.07) is 8.48. The van der Waals surface area contributed by atoms with Crippen molar-refractivity contribution in [2.24, 2.45) is 5.73 Å². The third-order valence-electron chi connectivity index (χ3n) is 2.55. The van der Waals surface area contributed by atoms with Crippen LogP contribution in [0.3, 0.4) is 0 Å². The first kappa shape index (κ1) is 12.4. The Labute approximate surface area is 96.7 Å². The first-order valence-electron chi connectivity index (χ1n) is 5.58. The predicted octanol–water partition coefficient (Wildman–Crippen LogP) is 2.53. The van der Waals surface area contributed by atoms with Crippen molar-refractivity contribution in [2.45, 2.75) is 32.6 Å². The summed E-state index contributed by atoms with van der Waals surface area (Å²) >= 11 is 0. The molecule has 0 saturated heterocycles. The van der Waals surface area contributed by atoms with E-state index in [-0.39, 0.29) is 5.84 Å². The summed E-state index contributed by atoms with van der Waals surface area (Å²) in [6.07, 6.45) is 2.90. The number of aryl methyl sites for hydroxylation is 2. The zero-order valence-electron chi connectivity index (χ0n) is 9.72. The number of hydrogen-bond acceptors (Lipinski definition) is 2. The molecule has 0 radical (unpaired) electrons. The lowest BCUT2D eigenvalue weighted by Crippen LogP contribution is -2.15. The summed E-state index contributed by atoms with van der Waals surface area (Å²) < 4.78 is 0. The second-order valence-electron chi connectivity index (χ2n) is 3.98. The topological polar surface area (TPSA) is 73.7 Å². The number of nitrogens with one attached hydrogen (secondary N) is 2. The van der Waals surface area contributed by atoms with Crippen molar-refractivity contribution in [3.63, 3.8) is 0 Å². The van der Waals surface area contributed by atoms with Crippen LogP contribution in [0.2, 0.25) is 0 Å². The van der Waals surface area contributed by atoms with Gasteiger partial charge in [0.2, 0.25) is 0 Å². The standard InChI is InChI=1S/C13H19N3/c1-2-10-3-5-11(6-4-10)7-8-12(14)9-13(15)16/h3-6,14H,2,7-9H2,1H3,(H3,15,16). The van der Waals surface area contributed by atoms with Crippen LogP contribution < -0.4 is 5.73 Å². The van der Waals surface area contributed by atoms with E-state index in [9.17, 15) is 0 Å². The molecule has 0 aromatic heterocycles. The molecule has 0 unspecified atom stereocenters. The van der Waals surface area contributed by atoms with Gasteiger partial charge in [-0.1, -0.05) is 31.2 Å². The van der Waals surface area contributed by atoms with Crippen LogP contribution in [0.4, 0.5) is 0 Å². The Kier molecular flexibility index (Phi) is 4.70. The Hall–Kier alpha value is -1.64. The van der Waals surface area contributed by atoms with E-state index in [1.165, 1.54) is 11.1 Å². The van der Waals surface area contributed by atoms with Crippen molar-refractivity contribution in [1.82, 2.24) is 0 Å². The minimum atomic E-state index is 0.0753. The fraction of sp³-hybridized carbons (Fsp3) is 0.385. The minimum Gasteiger partial charge on any atom is -0.387 e. The molecule has 0 saturated carbocycles. The van der Waals surface area contributed by atoms with E-state index in [0.29, 0.717) is 18.6 Å². The summed E-state index contributed by atoms with van der Waals surface area (Å²) in [5.41, 5.74) is 8.35. The van der Waals surface area contributed by atoms with Gasteiger partial charge in [0.05, 0.1) is 5.84 Å². The second kappa shape index (κ2) is 6.05. The zero-order chi connectivity index (χ0) is 12.0. The van der Waals surface area contributed by atoms with Crippen LogP contribution in [0.1, 0.15) is 30.9 Å². The third kappa shape index (κ3) is 4.26. The lowest BCUT2D eigenvalue weighted by atomic mass is 10.0. The molecule has 1 aromatic carbocycles. The lowest BCUT2D eigenvalue weighted by molar-refractivity contribution is 1.01. The van der Waals surface area contributed by atoms with Crippen LogP contribution >= 0.6 is 0 Å². The zero-order valence-corrected chi connectivity index (χ0v) is 9.72. The van der Waals surface area contributed by atoms with Gasteiger partial charge < -0.3 is 11.1 Å². The van der Waals surface area contributed by atoms with Gasteiger partial charge in [0, 0.05) is 12.1 Å². The molecule has 16 heavy (non-hydrogen) atoms. The lowest BCUT2D eigenvalue weighted by Gasteiger charge is -2.04. The molecule has 0 amide bonds. The molecule has 4 N–H and O–H groups in total. The molecule has 3 heteroatoms. The SMILES string of the molecule is CCc1ccc(CCC(=N)CC(=N)N)cc1. The van der Waals surface area contributed by atoms with Gasteiger partial charge in [-0.05, 0) is 30.4 Å². The smallest absolute Gasteiger partial charge is 0.0962 e. The molecule has 0 bridgehead atoms. The molecule has 1 rings (SSSR count). The number of nitrogens with two attached hydrogens (primary N) is 1. The van der Waals surface area contributed by atoms with Crippen molar-refractivity contribution in [1.29, 1.82) is 10.8 Å². The van der Waals surface area contributed by atoms with Crippen LogP contribution in [0, 0.1) is 10.8 Å². The van der Waals surface area contributed by atoms with Crippen LogP contribution in [0.5, 0.6) is 0 Å². The first-order valence-corrected chi connectivity index (χ1v) is 5.58. The molecule has 0 heterocycles. The summed E-state index contributed by atoms with van der Waals surface area (Å²) in [5, 5.41) is 14.7. The number of amidine groups is 1. The van der Waals surface area contributed by atoms with Crippen LogP contribution in [0.15, 0.2) is 24.3 Å². The fourth-order valence-corrected chi connectivity index (χ4v) is 1.56. The quantitative estimate of drug-likeness (QED) is 0.497. The Morgan fingerprint density at radius 1 is 1.12 bits per heavy atom. The van der Waals surface area contributed by atoms with E-state index in [0.717, 1.165) is 12.8 Å². The maximum absolute atomic E-state index is 7.63. The van der Waals surface area contributed by atoms with E-state index in [2.05, 4.69) is 31.2 Å². The molecule has 3 nitrogen and oxygen atoms in total. The van der Waals surface area contributed by atoms with Crippen molar-refractivity contribution in [2.75, 3.05) is 0 Å². The summed E-state index contributed by atoms with van der Waals surface area (Å²) in [4.78, 5) is 0. The Morgan fingerprint density at radius 2 is 1.69 bits per heavy atom. The highest BCUT2D eigenvalue weighted by molar-refractivity contribution is 5.99. The monoisotopic (exact) mass is 217 g/mol. The molecule has 0 fully saturated rings. The van der Waals surface area contributed by atoms with E-state index >= 15 is 0 Å². The molecule has 1 aromatic rings. The number of rotatable bonds is 6. The molecular weight excluding hydrogens is 198 g/mol. The van der Waals surface area contributed by atoms with Gasteiger partial charge in [-0.3, -0.25) is 5.41 Å². The second-order valence-corrected chi connectivity index (χ2v) is 3.98. The largest absolute Gasteiger partial charge is 0.387 e. The highest BCUT2D eigenvalue weighted by Gasteiger charge is 2.00. The molecule has 0 aliphatic carbocycles. The van der Waals surface area contributed by atoms with E-state index < -0.39 is 0 Å². The van der Waals surface area contributed by atoms with Gasteiger partial charge in [-0.15, -0.1) is 0 Å². The highest BCUT2D eigenvalue weighted by Crippen LogP contribution is 2.08. The van der Waals surface area contributed by atoms with Gasteiger partial charge in [0.1, 0.15) is 0 Å².